The molecule has 0 aliphatic carbocycles. The number of hydrogen-bond acceptors (Lipinski definition) is 2. The van der Waals surface area contributed by atoms with Crippen LogP contribution in [0.3, 0.4) is 0 Å². The van der Waals surface area contributed by atoms with E-state index in [1.165, 1.54) is 0 Å². The molecule has 0 amide bonds. The standard InChI is InChI=1S/C22H16N2O/c1-25-19-13-11-18(12-14-19)22-23-20(21-9-5-6-16-24(21)22)15-10-17-7-3-2-4-8-17/h2-9,11-14,16H,1H3. The lowest BCUT2D eigenvalue weighted by Gasteiger charge is -2.02. The third-order valence-corrected chi connectivity index (χ3v) is 4.00. The second kappa shape index (κ2) is 6.54. The van der Waals surface area contributed by atoms with E-state index in [0.29, 0.717) is 0 Å². The van der Waals surface area contributed by atoms with Gasteiger partial charge in [-0.15, -0.1) is 0 Å². The first-order chi connectivity index (χ1) is 12.3. The van der Waals surface area contributed by atoms with E-state index < -0.39 is 0 Å². The number of ether oxygens (including phenoxy) is 1. The molecule has 25 heavy (non-hydrogen) atoms. The van der Waals surface area contributed by atoms with Crippen LogP contribution in [0.25, 0.3) is 16.9 Å². The summed E-state index contributed by atoms with van der Waals surface area (Å²) >= 11 is 0. The van der Waals surface area contributed by atoms with Gasteiger partial charge in [-0.25, -0.2) is 4.98 Å². The first-order valence-electron chi connectivity index (χ1n) is 8.04. The number of benzene rings is 2. The molecule has 0 fully saturated rings. The van der Waals surface area contributed by atoms with Crippen LogP contribution in [0.15, 0.2) is 79.0 Å². The lowest BCUT2D eigenvalue weighted by molar-refractivity contribution is 0.415. The van der Waals surface area contributed by atoms with E-state index in [1.807, 2.05) is 79.0 Å². The third-order valence-electron chi connectivity index (χ3n) is 4.00. The molecule has 0 spiro atoms. The lowest BCUT2D eigenvalue weighted by atomic mass is 10.2. The number of fused-ring (bicyclic) bond motifs is 1. The minimum Gasteiger partial charge on any atom is -0.497 e. The molecule has 2 aromatic heterocycles. The molecule has 4 rings (SSSR count). The summed E-state index contributed by atoms with van der Waals surface area (Å²) in [7, 11) is 1.66. The van der Waals surface area contributed by atoms with E-state index in [0.717, 1.165) is 33.9 Å². The minimum absolute atomic E-state index is 0.773. The van der Waals surface area contributed by atoms with Crippen molar-refractivity contribution in [1.82, 2.24) is 9.38 Å². The van der Waals surface area contributed by atoms with Gasteiger partial charge in [-0.1, -0.05) is 30.2 Å². The van der Waals surface area contributed by atoms with Crippen molar-refractivity contribution in [3.63, 3.8) is 0 Å². The van der Waals surface area contributed by atoms with Crippen LogP contribution in [0.5, 0.6) is 5.75 Å². The highest BCUT2D eigenvalue weighted by Crippen LogP contribution is 2.24. The fourth-order valence-corrected chi connectivity index (χ4v) is 2.73. The molecule has 2 aromatic carbocycles. The number of methoxy groups -OCH3 is 1. The van der Waals surface area contributed by atoms with Crippen LogP contribution in [0, 0.1) is 11.8 Å². The molecule has 2 heterocycles. The molecule has 0 bridgehead atoms. The average Bonchev–Trinajstić information content (AvgIpc) is 3.06. The van der Waals surface area contributed by atoms with Gasteiger partial charge in [0.25, 0.3) is 0 Å². The number of aromatic nitrogens is 2. The van der Waals surface area contributed by atoms with Gasteiger partial charge in [0.2, 0.25) is 0 Å². The summed E-state index contributed by atoms with van der Waals surface area (Å²) in [6.45, 7) is 0. The van der Waals surface area contributed by atoms with E-state index in [1.54, 1.807) is 7.11 Å². The molecule has 120 valence electrons. The fraction of sp³-hybridized carbons (Fsp3) is 0.0455. The molecule has 0 aliphatic rings. The van der Waals surface area contributed by atoms with Gasteiger partial charge in [0, 0.05) is 17.3 Å². The second-order valence-electron chi connectivity index (χ2n) is 5.58. The van der Waals surface area contributed by atoms with Crippen molar-refractivity contribution in [3.05, 3.63) is 90.3 Å². The van der Waals surface area contributed by atoms with Crippen LogP contribution in [0.4, 0.5) is 0 Å². The van der Waals surface area contributed by atoms with E-state index in [-0.39, 0.29) is 0 Å². The van der Waals surface area contributed by atoms with Gasteiger partial charge in [0.05, 0.1) is 12.6 Å². The Morgan fingerprint density at radius 1 is 0.840 bits per heavy atom. The molecule has 0 unspecified atom stereocenters. The number of hydrogen-bond donors (Lipinski definition) is 0. The molecule has 0 aliphatic heterocycles. The monoisotopic (exact) mass is 324 g/mol. The van der Waals surface area contributed by atoms with Crippen LogP contribution in [0.1, 0.15) is 11.3 Å². The van der Waals surface area contributed by atoms with Gasteiger partial charge in [-0.3, -0.25) is 4.40 Å². The van der Waals surface area contributed by atoms with Gasteiger partial charge in [0.1, 0.15) is 17.3 Å². The first kappa shape index (κ1) is 15.0. The first-order valence-corrected chi connectivity index (χ1v) is 8.04. The Bertz CT molecular complexity index is 1070. The van der Waals surface area contributed by atoms with Crippen LogP contribution in [-0.2, 0) is 0 Å². The number of pyridine rings is 1. The maximum Gasteiger partial charge on any atom is 0.146 e. The van der Waals surface area contributed by atoms with Crippen molar-refractivity contribution in [3.8, 4) is 29.0 Å². The lowest BCUT2D eigenvalue weighted by Crippen LogP contribution is -1.89. The average molecular weight is 324 g/mol. The summed E-state index contributed by atoms with van der Waals surface area (Å²) in [4.78, 5) is 4.78. The van der Waals surface area contributed by atoms with Crippen molar-refractivity contribution in [2.75, 3.05) is 7.11 Å². The highest BCUT2D eigenvalue weighted by molar-refractivity contribution is 5.69. The van der Waals surface area contributed by atoms with Crippen LogP contribution >= 0.6 is 0 Å². The molecule has 0 atom stereocenters. The zero-order valence-electron chi connectivity index (χ0n) is 13.8. The molecule has 0 saturated heterocycles. The number of imidazole rings is 1. The zero-order chi connectivity index (χ0) is 17.1. The van der Waals surface area contributed by atoms with Gasteiger partial charge in [-0.05, 0) is 54.5 Å². The summed E-state index contributed by atoms with van der Waals surface area (Å²) in [6, 6.07) is 23.9. The molecule has 4 aromatic rings. The van der Waals surface area contributed by atoms with Gasteiger partial charge in [-0.2, -0.15) is 0 Å². The quantitative estimate of drug-likeness (QED) is 0.511. The van der Waals surface area contributed by atoms with Crippen molar-refractivity contribution in [1.29, 1.82) is 0 Å². The highest BCUT2D eigenvalue weighted by atomic mass is 16.5. The fourth-order valence-electron chi connectivity index (χ4n) is 2.73. The molecule has 3 nitrogen and oxygen atoms in total. The van der Waals surface area contributed by atoms with Crippen molar-refractivity contribution in [2.24, 2.45) is 0 Å². The summed E-state index contributed by atoms with van der Waals surface area (Å²) < 4.78 is 7.30. The van der Waals surface area contributed by atoms with E-state index >= 15 is 0 Å². The summed E-state index contributed by atoms with van der Waals surface area (Å²) in [5.41, 5.74) is 3.77. The Morgan fingerprint density at radius 2 is 1.60 bits per heavy atom. The van der Waals surface area contributed by atoms with Crippen LogP contribution in [0.2, 0.25) is 0 Å². The Kier molecular flexibility index (Phi) is 3.94. The summed E-state index contributed by atoms with van der Waals surface area (Å²) in [6.07, 6.45) is 2.01. The topological polar surface area (TPSA) is 26.5 Å². The Morgan fingerprint density at radius 3 is 2.36 bits per heavy atom. The molecule has 0 N–H and O–H groups in total. The Hall–Kier alpha value is -3.51. The maximum atomic E-state index is 5.24. The van der Waals surface area contributed by atoms with E-state index in [2.05, 4.69) is 16.2 Å². The highest BCUT2D eigenvalue weighted by Gasteiger charge is 2.11. The Balaban J connectivity index is 1.82. The summed E-state index contributed by atoms with van der Waals surface area (Å²) in [5.74, 6) is 8.10. The second-order valence-corrected chi connectivity index (χ2v) is 5.58. The molecule has 0 radical (unpaired) electrons. The smallest absolute Gasteiger partial charge is 0.146 e. The van der Waals surface area contributed by atoms with Gasteiger partial charge >= 0.3 is 0 Å². The minimum atomic E-state index is 0.773. The molecule has 3 heteroatoms. The third kappa shape index (κ3) is 2.98. The van der Waals surface area contributed by atoms with Gasteiger partial charge in [0.15, 0.2) is 0 Å². The Labute approximate surface area is 146 Å². The van der Waals surface area contributed by atoms with E-state index in [4.69, 9.17) is 9.72 Å². The molecular formula is C22H16N2O. The van der Waals surface area contributed by atoms with E-state index in [9.17, 15) is 0 Å². The number of rotatable bonds is 2. The normalized spacial score (nSPS) is 10.3. The molecular weight excluding hydrogens is 308 g/mol. The van der Waals surface area contributed by atoms with Gasteiger partial charge < -0.3 is 4.74 Å². The van der Waals surface area contributed by atoms with Crippen LogP contribution in [-0.4, -0.2) is 16.5 Å². The van der Waals surface area contributed by atoms with Crippen molar-refractivity contribution < 1.29 is 4.74 Å². The van der Waals surface area contributed by atoms with Crippen molar-refractivity contribution >= 4 is 5.52 Å². The predicted octanol–water partition coefficient (Wildman–Crippen LogP) is 4.41. The maximum absolute atomic E-state index is 5.24. The summed E-state index contributed by atoms with van der Waals surface area (Å²) in [5, 5.41) is 0. The SMILES string of the molecule is COc1ccc(-c2nc(C#Cc3ccccc3)c3ccccn23)cc1. The van der Waals surface area contributed by atoms with Crippen LogP contribution < -0.4 is 4.74 Å². The van der Waals surface area contributed by atoms with Crippen molar-refractivity contribution in [2.45, 2.75) is 0 Å². The zero-order valence-corrected chi connectivity index (χ0v) is 13.8. The predicted molar refractivity (Wildman–Crippen MR) is 99.6 cm³/mol. The largest absolute Gasteiger partial charge is 0.497 e. The number of nitrogens with zero attached hydrogens (tertiary/aromatic N) is 2. The molecule has 0 saturated carbocycles.